The molecule has 0 atom stereocenters. The highest BCUT2D eigenvalue weighted by Gasteiger charge is 2.26. The van der Waals surface area contributed by atoms with Gasteiger partial charge in [-0.15, -0.1) is 5.10 Å². The van der Waals surface area contributed by atoms with Crippen LogP contribution >= 0.6 is 11.8 Å². The SMILES string of the molecule is COC(=O)Cn1nnnc1Sc1nccn(C2CC2)c1=O. The van der Waals surface area contributed by atoms with Crippen LogP contribution in [0.1, 0.15) is 18.9 Å². The van der Waals surface area contributed by atoms with Crippen LogP contribution in [-0.4, -0.2) is 42.8 Å². The van der Waals surface area contributed by atoms with Crippen molar-refractivity contribution in [2.75, 3.05) is 7.11 Å². The highest BCUT2D eigenvalue weighted by molar-refractivity contribution is 7.99. The molecule has 9 nitrogen and oxygen atoms in total. The molecule has 0 radical (unpaired) electrons. The molecule has 21 heavy (non-hydrogen) atoms. The van der Waals surface area contributed by atoms with Crippen molar-refractivity contribution in [1.82, 2.24) is 29.8 Å². The summed E-state index contributed by atoms with van der Waals surface area (Å²) in [6.45, 7) is -0.116. The zero-order valence-corrected chi connectivity index (χ0v) is 12.0. The Morgan fingerprint density at radius 1 is 1.52 bits per heavy atom. The molecular formula is C11H12N6O3S. The third-order valence-electron chi connectivity index (χ3n) is 2.97. The summed E-state index contributed by atoms with van der Waals surface area (Å²) in [5.41, 5.74) is -0.169. The average molecular weight is 308 g/mol. The van der Waals surface area contributed by atoms with E-state index in [2.05, 4.69) is 25.2 Å². The molecule has 0 unspecified atom stereocenters. The van der Waals surface area contributed by atoms with E-state index in [4.69, 9.17) is 0 Å². The van der Waals surface area contributed by atoms with Crippen LogP contribution in [0.4, 0.5) is 0 Å². The standard InChI is InChI=1S/C11H12N6O3S/c1-20-8(18)6-17-11(13-14-15-17)21-9-10(19)16(5-4-12-9)7-2-3-7/h4-5,7H,2-3,6H2,1H3. The number of nitrogens with zero attached hydrogens (tertiary/aromatic N) is 6. The van der Waals surface area contributed by atoms with Crippen molar-refractivity contribution >= 4 is 17.7 Å². The minimum absolute atomic E-state index is 0.116. The van der Waals surface area contributed by atoms with E-state index in [9.17, 15) is 9.59 Å². The fraction of sp³-hybridized carbons (Fsp3) is 0.455. The number of tetrazole rings is 1. The topological polar surface area (TPSA) is 105 Å². The van der Waals surface area contributed by atoms with E-state index in [1.54, 1.807) is 17.0 Å². The lowest BCUT2D eigenvalue weighted by Crippen LogP contribution is -2.21. The lowest BCUT2D eigenvalue weighted by molar-refractivity contribution is -0.141. The fourth-order valence-corrected chi connectivity index (χ4v) is 2.52. The Bertz CT molecular complexity index is 723. The summed E-state index contributed by atoms with van der Waals surface area (Å²) in [6.07, 6.45) is 5.28. The second-order valence-corrected chi connectivity index (χ2v) is 5.43. The first kappa shape index (κ1) is 13.7. The van der Waals surface area contributed by atoms with Gasteiger partial charge in [0.1, 0.15) is 6.54 Å². The summed E-state index contributed by atoms with van der Waals surface area (Å²) < 4.78 is 7.51. The largest absolute Gasteiger partial charge is 0.468 e. The van der Waals surface area contributed by atoms with Gasteiger partial charge in [0.25, 0.3) is 5.56 Å². The van der Waals surface area contributed by atoms with E-state index >= 15 is 0 Å². The predicted octanol–water partition coefficient (Wildman–Crippen LogP) is -0.111. The molecule has 0 saturated heterocycles. The number of carbonyl (C=O) groups excluding carboxylic acids is 1. The van der Waals surface area contributed by atoms with E-state index in [1.165, 1.54) is 11.8 Å². The van der Waals surface area contributed by atoms with Gasteiger partial charge in [-0.25, -0.2) is 9.67 Å². The van der Waals surface area contributed by atoms with Gasteiger partial charge in [-0.2, -0.15) is 0 Å². The summed E-state index contributed by atoms with van der Waals surface area (Å²) in [6, 6.07) is 0.269. The van der Waals surface area contributed by atoms with E-state index in [-0.39, 0.29) is 23.2 Å². The highest BCUT2D eigenvalue weighted by Crippen LogP contribution is 2.33. The van der Waals surface area contributed by atoms with Gasteiger partial charge >= 0.3 is 5.97 Å². The maximum atomic E-state index is 12.3. The van der Waals surface area contributed by atoms with Crippen LogP contribution < -0.4 is 5.56 Å². The molecule has 1 saturated carbocycles. The van der Waals surface area contributed by atoms with Gasteiger partial charge in [0, 0.05) is 18.4 Å². The number of methoxy groups -OCH3 is 1. The van der Waals surface area contributed by atoms with Gasteiger partial charge in [0.05, 0.1) is 7.11 Å². The first-order valence-corrected chi connectivity index (χ1v) is 7.08. The van der Waals surface area contributed by atoms with Gasteiger partial charge < -0.3 is 9.30 Å². The van der Waals surface area contributed by atoms with Gasteiger partial charge in [-0.3, -0.25) is 9.59 Å². The molecule has 1 fully saturated rings. The van der Waals surface area contributed by atoms with Crippen LogP contribution in [0.25, 0.3) is 0 Å². The van der Waals surface area contributed by atoms with Crippen molar-refractivity contribution in [1.29, 1.82) is 0 Å². The van der Waals surface area contributed by atoms with Crippen molar-refractivity contribution in [3.8, 4) is 0 Å². The van der Waals surface area contributed by atoms with Crippen molar-refractivity contribution in [2.45, 2.75) is 35.6 Å². The highest BCUT2D eigenvalue weighted by atomic mass is 32.2. The third kappa shape index (κ3) is 2.94. The van der Waals surface area contributed by atoms with Gasteiger partial charge in [0.2, 0.25) is 5.16 Å². The Morgan fingerprint density at radius 3 is 3.05 bits per heavy atom. The Morgan fingerprint density at radius 2 is 2.33 bits per heavy atom. The maximum absolute atomic E-state index is 12.3. The molecule has 0 N–H and O–H groups in total. The quantitative estimate of drug-likeness (QED) is 0.704. The number of carbonyl (C=O) groups is 1. The predicted molar refractivity (Wildman–Crippen MR) is 70.7 cm³/mol. The number of ether oxygens (including phenoxy) is 1. The van der Waals surface area contributed by atoms with Crippen molar-refractivity contribution in [3.63, 3.8) is 0 Å². The molecule has 0 spiro atoms. The van der Waals surface area contributed by atoms with Crippen molar-refractivity contribution in [2.24, 2.45) is 0 Å². The van der Waals surface area contributed by atoms with E-state index in [0.717, 1.165) is 24.6 Å². The number of hydrogen-bond donors (Lipinski definition) is 0. The average Bonchev–Trinajstić information content (AvgIpc) is 3.24. The third-order valence-corrected chi connectivity index (χ3v) is 3.92. The Kier molecular flexibility index (Phi) is 3.69. The van der Waals surface area contributed by atoms with E-state index in [1.807, 2.05) is 0 Å². The monoisotopic (exact) mass is 308 g/mol. The van der Waals surface area contributed by atoms with Crippen LogP contribution in [0, 0.1) is 0 Å². The minimum Gasteiger partial charge on any atom is -0.468 e. The normalized spacial score (nSPS) is 14.1. The Labute approximate surface area is 123 Å². The molecule has 2 heterocycles. The molecule has 1 aliphatic rings. The molecule has 0 amide bonds. The summed E-state index contributed by atoms with van der Waals surface area (Å²) in [5, 5.41) is 11.6. The number of rotatable bonds is 5. The van der Waals surface area contributed by atoms with Gasteiger partial charge in [0.15, 0.2) is 5.03 Å². The maximum Gasteiger partial charge on any atom is 0.327 e. The molecule has 110 valence electrons. The molecule has 2 aromatic heterocycles. The Balaban J connectivity index is 1.84. The lowest BCUT2D eigenvalue weighted by Gasteiger charge is -2.05. The molecule has 0 aliphatic heterocycles. The fourth-order valence-electron chi connectivity index (χ4n) is 1.76. The summed E-state index contributed by atoms with van der Waals surface area (Å²) >= 11 is 1.03. The summed E-state index contributed by atoms with van der Waals surface area (Å²) in [4.78, 5) is 27.6. The lowest BCUT2D eigenvalue weighted by atomic mass is 10.6. The second-order valence-electron chi connectivity index (χ2n) is 4.47. The smallest absolute Gasteiger partial charge is 0.327 e. The Hall–Kier alpha value is -2.23. The van der Waals surface area contributed by atoms with Crippen LogP contribution in [-0.2, 0) is 16.1 Å². The molecule has 2 aromatic rings. The molecular weight excluding hydrogens is 296 g/mol. The second kappa shape index (κ2) is 5.64. The first-order valence-electron chi connectivity index (χ1n) is 6.27. The molecule has 10 heteroatoms. The molecule has 1 aliphatic carbocycles. The first-order chi connectivity index (χ1) is 10.2. The van der Waals surface area contributed by atoms with E-state index in [0.29, 0.717) is 5.16 Å². The van der Waals surface area contributed by atoms with Crippen LogP contribution in [0.15, 0.2) is 27.4 Å². The summed E-state index contributed by atoms with van der Waals surface area (Å²) in [7, 11) is 1.28. The zero-order valence-electron chi connectivity index (χ0n) is 11.2. The van der Waals surface area contributed by atoms with Crippen molar-refractivity contribution < 1.29 is 9.53 Å². The van der Waals surface area contributed by atoms with Gasteiger partial charge in [-0.1, -0.05) is 0 Å². The minimum atomic E-state index is -0.472. The number of esters is 1. The number of aromatic nitrogens is 6. The van der Waals surface area contributed by atoms with Crippen LogP contribution in [0.2, 0.25) is 0 Å². The number of hydrogen-bond acceptors (Lipinski definition) is 8. The summed E-state index contributed by atoms with van der Waals surface area (Å²) in [5.74, 6) is -0.472. The van der Waals surface area contributed by atoms with Crippen molar-refractivity contribution in [3.05, 3.63) is 22.7 Å². The molecule has 3 rings (SSSR count). The van der Waals surface area contributed by atoms with Gasteiger partial charge in [-0.05, 0) is 35.0 Å². The zero-order chi connectivity index (χ0) is 14.8. The molecule has 0 bridgehead atoms. The van der Waals surface area contributed by atoms with Crippen LogP contribution in [0.5, 0.6) is 0 Å². The van der Waals surface area contributed by atoms with Crippen LogP contribution in [0.3, 0.4) is 0 Å². The molecule has 0 aromatic carbocycles. The van der Waals surface area contributed by atoms with E-state index < -0.39 is 5.97 Å².